The molecule has 2 aromatic rings. The first-order valence-electron chi connectivity index (χ1n) is 8.58. The third kappa shape index (κ3) is 3.29. The van der Waals surface area contributed by atoms with E-state index in [1.165, 1.54) is 0 Å². The molecule has 1 aliphatic carbocycles. The Labute approximate surface area is 146 Å². The van der Waals surface area contributed by atoms with Crippen LogP contribution in [0.25, 0.3) is 5.69 Å². The molecule has 132 valence electrons. The monoisotopic (exact) mass is 341 g/mol. The third-order valence-corrected chi connectivity index (χ3v) is 5.16. The molecule has 3 rings (SSSR count). The minimum atomic E-state index is -0.848. The van der Waals surface area contributed by atoms with E-state index in [1.54, 1.807) is 10.9 Å². The van der Waals surface area contributed by atoms with Crippen LogP contribution < -0.4 is 5.32 Å². The molecule has 25 heavy (non-hydrogen) atoms. The molecule has 6 heteroatoms. The number of rotatable bonds is 4. The van der Waals surface area contributed by atoms with Gasteiger partial charge in [-0.25, -0.2) is 4.68 Å². The van der Waals surface area contributed by atoms with Crippen molar-refractivity contribution >= 4 is 11.9 Å². The Morgan fingerprint density at radius 1 is 1.28 bits per heavy atom. The number of benzene rings is 1. The molecule has 1 amide bonds. The molecule has 0 radical (unpaired) electrons. The Morgan fingerprint density at radius 2 is 2.00 bits per heavy atom. The van der Waals surface area contributed by atoms with Crippen molar-refractivity contribution in [2.45, 2.75) is 45.1 Å². The van der Waals surface area contributed by atoms with Gasteiger partial charge in [-0.2, -0.15) is 5.10 Å². The highest BCUT2D eigenvalue weighted by Gasteiger charge is 2.42. The molecule has 2 atom stereocenters. The topological polar surface area (TPSA) is 84.2 Å². The highest BCUT2D eigenvalue weighted by atomic mass is 16.4. The molecule has 1 fully saturated rings. The SMILES string of the molecule is Cc1c(C(=O)NC2(C)CCCCC2C(=O)O)cnn1-c1ccccc1. The van der Waals surface area contributed by atoms with Crippen LogP contribution in [0.3, 0.4) is 0 Å². The summed E-state index contributed by atoms with van der Waals surface area (Å²) >= 11 is 0. The maximum atomic E-state index is 12.8. The van der Waals surface area contributed by atoms with Crippen molar-refractivity contribution in [3.8, 4) is 5.69 Å². The molecule has 1 aliphatic rings. The van der Waals surface area contributed by atoms with Gasteiger partial charge >= 0.3 is 5.97 Å². The van der Waals surface area contributed by atoms with E-state index < -0.39 is 17.4 Å². The van der Waals surface area contributed by atoms with E-state index in [0.29, 0.717) is 18.4 Å². The minimum absolute atomic E-state index is 0.268. The second-order valence-corrected chi connectivity index (χ2v) is 6.90. The maximum Gasteiger partial charge on any atom is 0.308 e. The van der Waals surface area contributed by atoms with Gasteiger partial charge in [-0.3, -0.25) is 9.59 Å². The molecule has 1 heterocycles. The summed E-state index contributed by atoms with van der Waals surface area (Å²) in [6.07, 6.45) is 4.60. The normalized spacial score (nSPS) is 23.2. The van der Waals surface area contributed by atoms with E-state index in [4.69, 9.17) is 0 Å². The summed E-state index contributed by atoms with van der Waals surface area (Å²) in [7, 11) is 0. The molecule has 0 bridgehead atoms. The highest BCUT2D eigenvalue weighted by molar-refractivity contribution is 5.96. The van der Waals surface area contributed by atoms with E-state index in [9.17, 15) is 14.7 Å². The standard InChI is InChI=1S/C19H23N3O3/c1-13-15(12-20-22(13)14-8-4-3-5-9-14)17(23)21-19(2)11-7-6-10-16(19)18(24)25/h3-5,8-9,12,16H,6-7,10-11H2,1-2H3,(H,21,23)(H,24,25). The van der Waals surface area contributed by atoms with Crippen LogP contribution in [0.1, 0.15) is 48.7 Å². The number of para-hydroxylation sites is 1. The lowest BCUT2D eigenvalue weighted by atomic mass is 9.73. The number of carboxylic acids is 1. The predicted octanol–water partition coefficient (Wildman–Crippen LogP) is 2.94. The zero-order chi connectivity index (χ0) is 18.0. The first kappa shape index (κ1) is 17.2. The first-order chi connectivity index (χ1) is 11.9. The lowest BCUT2D eigenvalue weighted by molar-refractivity contribution is -0.145. The van der Waals surface area contributed by atoms with E-state index in [0.717, 1.165) is 24.2 Å². The Kier molecular flexibility index (Phi) is 4.61. The summed E-state index contributed by atoms with van der Waals surface area (Å²) in [6.45, 7) is 3.67. The number of hydrogen-bond acceptors (Lipinski definition) is 3. The van der Waals surface area contributed by atoms with Crippen LogP contribution >= 0.6 is 0 Å². The van der Waals surface area contributed by atoms with Crippen LogP contribution in [-0.2, 0) is 4.79 Å². The van der Waals surface area contributed by atoms with Gasteiger partial charge in [0, 0.05) is 0 Å². The van der Waals surface area contributed by atoms with Gasteiger partial charge in [-0.15, -0.1) is 0 Å². The lowest BCUT2D eigenvalue weighted by Gasteiger charge is -2.39. The number of aliphatic carboxylic acids is 1. The van der Waals surface area contributed by atoms with Crippen molar-refractivity contribution in [1.29, 1.82) is 0 Å². The van der Waals surface area contributed by atoms with Crippen molar-refractivity contribution in [1.82, 2.24) is 15.1 Å². The van der Waals surface area contributed by atoms with Gasteiger partial charge in [0.2, 0.25) is 0 Å². The smallest absolute Gasteiger partial charge is 0.308 e. The molecular formula is C19H23N3O3. The van der Waals surface area contributed by atoms with E-state index >= 15 is 0 Å². The first-order valence-corrected chi connectivity index (χ1v) is 8.58. The van der Waals surface area contributed by atoms with Crippen LogP contribution in [0, 0.1) is 12.8 Å². The van der Waals surface area contributed by atoms with Crippen molar-refractivity contribution in [2.75, 3.05) is 0 Å². The summed E-state index contributed by atoms with van der Waals surface area (Å²) in [5, 5.41) is 16.8. The Morgan fingerprint density at radius 3 is 2.68 bits per heavy atom. The van der Waals surface area contributed by atoms with Gasteiger partial charge in [0.25, 0.3) is 5.91 Å². The number of carboxylic acid groups (broad SMARTS) is 1. The molecule has 1 saturated carbocycles. The second kappa shape index (κ2) is 6.70. The number of hydrogen-bond donors (Lipinski definition) is 2. The maximum absolute atomic E-state index is 12.8. The van der Waals surface area contributed by atoms with Gasteiger partial charge in [0.15, 0.2) is 0 Å². The number of carbonyl (C=O) groups excluding carboxylic acids is 1. The summed E-state index contributed by atoms with van der Waals surface area (Å²) in [4.78, 5) is 24.4. The number of carbonyl (C=O) groups is 2. The number of amides is 1. The molecular weight excluding hydrogens is 318 g/mol. The van der Waals surface area contributed by atoms with Crippen LogP contribution in [0.4, 0.5) is 0 Å². The van der Waals surface area contributed by atoms with Crippen LogP contribution in [-0.4, -0.2) is 32.3 Å². The van der Waals surface area contributed by atoms with Gasteiger partial charge in [-0.05, 0) is 38.8 Å². The summed E-state index contributed by atoms with van der Waals surface area (Å²) in [5.74, 6) is -1.68. The average Bonchev–Trinajstić information content (AvgIpc) is 2.97. The zero-order valence-corrected chi connectivity index (χ0v) is 14.5. The quantitative estimate of drug-likeness (QED) is 0.895. The fourth-order valence-corrected chi connectivity index (χ4v) is 3.67. The second-order valence-electron chi connectivity index (χ2n) is 6.90. The Bertz CT molecular complexity index is 784. The number of nitrogens with zero attached hydrogens (tertiary/aromatic N) is 2. The van der Waals surface area contributed by atoms with E-state index in [2.05, 4.69) is 10.4 Å². The van der Waals surface area contributed by atoms with Crippen LogP contribution in [0.2, 0.25) is 0 Å². The molecule has 1 aromatic heterocycles. The Hall–Kier alpha value is -2.63. The molecule has 1 aromatic carbocycles. The third-order valence-electron chi connectivity index (χ3n) is 5.16. The fraction of sp³-hybridized carbons (Fsp3) is 0.421. The van der Waals surface area contributed by atoms with E-state index in [-0.39, 0.29) is 5.91 Å². The molecule has 0 saturated heterocycles. The largest absolute Gasteiger partial charge is 0.481 e. The highest BCUT2D eigenvalue weighted by Crippen LogP contribution is 2.34. The molecule has 0 aliphatic heterocycles. The van der Waals surface area contributed by atoms with Gasteiger partial charge in [0.1, 0.15) is 0 Å². The van der Waals surface area contributed by atoms with Crippen molar-refractivity contribution in [2.24, 2.45) is 5.92 Å². The molecule has 2 N–H and O–H groups in total. The molecule has 6 nitrogen and oxygen atoms in total. The minimum Gasteiger partial charge on any atom is -0.481 e. The van der Waals surface area contributed by atoms with Crippen LogP contribution in [0.15, 0.2) is 36.5 Å². The van der Waals surface area contributed by atoms with Crippen molar-refractivity contribution in [3.05, 3.63) is 47.8 Å². The number of aromatic nitrogens is 2. The van der Waals surface area contributed by atoms with Crippen LogP contribution in [0.5, 0.6) is 0 Å². The predicted molar refractivity (Wildman–Crippen MR) is 93.8 cm³/mol. The lowest BCUT2D eigenvalue weighted by Crippen LogP contribution is -2.55. The van der Waals surface area contributed by atoms with E-state index in [1.807, 2.05) is 44.2 Å². The summed E-state index contributed by atoms with van der Waals surface area (Å²) in [6, 6.07) is 9.59. The zero-order valence-electron chi connectivity index (χ0n) is 14.5. The molecule has 0 spiro atoms. The average molecular weight is 341 g/mol. The summed E-state index contributed by atoms with van der Waals surface area (Å²) < 4.78 is 1.72. The summed E-state index contributed by atoms with van der Waals surface area (Å²) in [5.41, 5.74) is 1.35. The van der Waals surface area contributed by atoms with Crippen molar-refractivity contribution < 1.29 is 14.7 Å². The van der Waals surface area contributed by atoms with Gasteiger partial charge in [0.05, 0.1) is 34.6 Å². The Balaban J connectivity index is 1.84. The van der Waals surface area contributed by atoms with Crippen molar-refractivity contribution in [3.63, 3.8) is 0 Å². The van der Waals surface area contributed by atoms with Gasteiger partial charge < -0.3 is 10.4 Å². The fourth-order valence-electron chi connectivity index (χ4n) is 3.67. The molecule has 2 unspecified atom stereocenters. The number of nitrogens with one attached hydrogen (secondary N) is 1. The van der Waals surface area contributed by atoms with Gasteiger partial charge in [-0.1, -0.05) is 31.0 Å².